The van der Waals surface area contributed by atoms with Gasteiger partial charge in [0.2, 0.25) is 5.91 Å². The molecule has 0 unspecified atom stereocenters. The Balaban J connectivity index is 1.87. The molecule has 0 aliphatic rings. The Morgan fingerprint density at radius 2 is 1.64 bits per heavy atom. The highest BCUT2D eigenvalue weighted by molar-refractivity contribution is 7.80. The van der Waals surface area contributed by atoms with Crippen LogP contribution >= 0.6 is 12.2 Å². The summed E-state index contributed by atoms with van der Waals surface area (Å²) in [5, 5.41) is 19.1. The molecule has 0 saturated carbocycles. The molecule has 0 saturated heterocycles. The Morgan fingerprint density at radius 3 is 2.25 bits per heavy atom. The van der Waals surface area contributed by atoms with Gasteiger partial charge in [-0.1, -0.05) is 19.1 Å². The standard InChI is InChI=1S/C18H18N4O5S/c1-2-16(23)21-18(28)20-13-9-7-12(8-10-13)19-17(24)11-27-15-6-4-3-5-14(15)22(25)26/h3-10H,2,11H2,1H3,(H,19,24)(H2,20,21,23,28). The molecule has 0 atom stereocenters. The maximum Gasteiger partial charge on any atom is 0.310 e. The van der Waals surface area contributed by atoms with Crippen LogP contribution in [0, 0.1) is 10.1 Å². The Labute approximate surface area is 166 Å². The summed E-state index contributed by atoms with van der Waals surface area (Å²) >= 11 is 5.01. The van der Waals surface area contributed by atoms with E-state index in [0.29, 0.717) is 17.8 Å². The fourth-order valence-corrected chi connectivity index (χ4v) is 2.32. The molecule has 0 radical (unpaired) electrons. The van der Waals surface area contributed by atoms with Gasteiger partial charge in [0.25, 0.3) is 5.91 Å². The summed E-state index contributed by atoms with van der Waals surface area (Å²) < 4.78 is 5.23. The Morgan fingerprint density at radius 1 is 1.04 bits per heavy atom. The van der Waals surface area contributed by atoms with E-state index in [1.807, 2.05) is 0 Å². The van der Waals surface area contributed by atoms with Crippen molar-refractivity contribution in [3.8, 4) is 5.75 Å². The summed E-state index contributed by atoms with van der Waals surface area (Å²) in [6.45, 7) is 1.34. The number of amides is 2. The number of nitrogens with one attached hydrogen (secondary N) is 3. The molecule has 0 aromatic heterocycles. The van der Waals surface area contributed by atoms with Crippen molar-refractivity contribution >= 4 is 46.2 Å². The van der Waals surface area contributed by atoms with Gasteiger partial charge in [-0.05, 0) is 42.5 Å². The van der Waals surface area contributed by atoms with Crippen molar-refractivity contribution in [3.05, 3.63) is 58.6 Å². The minimum atomic E-state index is -0.577. The quantitative estimate of drug-likeness (QED) is 0.370. The number of hydrogen-bond donors (Lipinski definition) is 3. The summed E-state index contributed by atoms with van der Waals surface area (Å²) in [5.41, 5.74) is 0.928. The van der Waals surface area contributed by atoms with Gasteiger partial charge in [-0.25, -0.2) is 0 Å². The van der Waals surface area contributed by atoms with Gasteiger partial charge in [-0.15, -0.1) is 0 Å². The first-order valence-electron chi connectivity index (χ1n) is 8.26. The zero-order valence-corrected chi connectivity index (χ0v) is 15.7. The van der Waals surface area contributed by atoms with E-state index in [0.717, 1.165) is 0 Å². The van der Waals surface area contributed by atoms with Crippen LogP contribution in [0.25, 0.3) is 0 Å². The maximum absolute atomic E-state index is 12.0. The SMILES string of the molecule is CCC(=O)NC(=S)Nc1ccc(NC(=O)COc2ccccc2[N+](=O)[O-])cc1. The Hall–Kier alpha value is -3.53. The predicted molar refractivity (Wildman–Crippen MR) is 108 cm³/mol. The number of anilines is 2. The molecule has 0 aliphatic heterocycles. The number of rotatable bonds is 7. The highest BCUT2D eigenvalue weighted by Gasteiger charge is 2.15. The van der Waals surface area contributed by atoms with E-state index < -0.39 is 10.8 Å². The van der Waals surface area contributed by atoms with Crippen molar-refractivity contribution in [1.82, 2.24) is 5.32 Å². The van der Waals surface area contributed by atoms with Crippen molar-refractivity contribution in [3.63, 3.8) is 0 Å². The fourth-order valence-electron chi connectivity index (χ4n) is 2.08. The smallest absolute Gasteiger partial charge is 0.310 e. The van der Waals surface area contributed by atoms with E-state index in [9.17, 15) is 19.7 Å². The van der Waals surface area contributed by atoms with Crippen LogP contribution in [0.1, 0.15) is 13.3 Å². The number of nitro benzene ring substituents is 1. The number of carbonyl (C=O) groups excluding carboxylic acids is 2. The topological polar surface area (TPSA) is 123 Å². The van der Waals surface area contributed by atoms with E-state index in [4.69, 9.17) is 17.0 Å². The van der Waals surface area contributed by atoms with Crippen LogP contribution in [-0.4, -0.2) is 28.5 Å². The van der Waals surface area contributed by atoms with E-state index in [-0.39, 0.29) is 29.1 Å². The number of para-hydroxylation sites is 2. The summed E-state index contributed by atoms with van der Waals surface area (Å²) in [6.07, 6.45) is 0.320. The molecule has 3 N–H and O–H groups in total. The van der Waals surface area contributed by atoms with Gasteiger partial charge in [0.15, 0.2) is 17.5 Å². The fraction of sp³-hybridized carbons (Fsp3) is 0.167. The number of ether oxygens (including phenoxy) is 1. The lowest BCUT2D eigenvalue weighted by Crippen LogP contribution is -2.33. The van der Waals surface area contributed by atoms with Crippen LogP contribution in [0.2, 0.25) is 0 Å². The first-order valence-corrected chi connectivity index (χ1v) is 8.67. The maximum atomic E-state index is 12.0. The van der Waals surface area contributed by atoms with Crippen molar-refractivity contribution in [2.24, 2.45) is 0 Å². The molecule has 2 amide bonds. The molecule has 9 nitrogen and oxygen atoms in total. The van der Waals surface area contributed by atoms with Crippen LogP contribution in [-0.2, 0) is 9.59 Å². The van der Waals surface area contributed by atoms with Crippen molar-refractivity contribution in [2.75, 3.05) is 17.2 Å². The van der Waals surface area contributed by atoms with Gasteiger partial charge in [-0.2, -0.15) is 0 Å². The van der Waals surface area contributed by atoms with Crippen LogP contribution < -0.4 is 20.7 Å². The molecule has 2 rings (SSSR count). The lowest BCUT2D eigenvalue weighted by Gasteiger charge is -2.10. The predicted octanol–water partition coefficient (Wildman–Crippen LogP) is 2.84. The average molecular weight is 402 g/mol. The minimum absolute atomic E-state index is 0.0184. The third kappa shape index (κ3) is 6.32. The second-order valence-electron chi connectivity index (χ2n) is 5.49. The summed E-state index contributed by atoms with van der Waals surface area (Å²) in [7, 11) is 0. The minimum Gasteiger partial charge on any atom is -0.477 e. The Kier molecular flexibility index (Phi) is 7.40. The normalized spacial score (nSPS) is 9.89. The first-order chi connectivity index (χ1) is 13.4. The summed E-state index contributed by atoms with van der Waals surface area (Å²) in [4.78, 5) is 33.6. The second-order valence-corrected chi connectivity index (χ2v) is 5.90. The molecule has 0 bridgehead atoms. The van der Waals surface area contributed by atoms with Crippen molar-refractivity contribution < 1.29 is 19.2 Å². The number of carbonyl (C=O) groups is 2. The number of nitro groups is 1. The third-order valence-corrected chi connectivity index (χ3v) is 3.63. The van der Waals surface area contributed by atoms with Gasteiger partial charge in [0.05, 0.1) is 4.92 Å². The molecule has 0 heterocycles. The van der Waals surface area contributed by atoms with E-state index in [2.05, 4.69) is 16.0 Å². The molecule has 2 aromatic rings. The monoisotopic (exact) mass is 402 g/mol. The highest BCUT2D eigenvalue weighted by atomic mass is 32.1. The summed E-state index contributed by atoms with van der Waals surface area (Å²) in [6, 6.07) is 12.4. The number of hydrogen-bond acceptors (Lipinski definition) is 6. The lowest BCUT2D eigenvalue weighted by atomic mass is 10.3. The molecule has 146 valence electrons. The molecule has 0 spiro atoms. The van der Waals surface area contributed by atoms with E-state index >= 15 is 0 Å². The summed E-state index contributed by atoms with van der Waals surface area (Å²) in [5.74, 6) is -0.644. The van der Waals surface area contributed by atoms with Gasteiger partial charge in [0, 0.05) is 23.9 Å². The van der Waals surface area contributed by atoms with Crippen molar-refractivity contribution in [1.29, 1.82) is 0 Å². The van der Waals surface area contributed by atoms with Crippen LogP contribution in [0.15, 0.2) is 48.5 Å². The zero-order chi connectivity index (χ0) is 20.5. The molecule has 0 fully saturated rings. The third-order valence-electron chi connectivity index (χ3n) is 3.42. The average Bonchev–Trinajstić information content (AvgIpc) is 2.67. The number of thiocarbonyl (C=S) groups is 1. The molecular formula is C18H18N4O5S. The van der Waals surface area contributed by atoms with E-state index in [1.54, 1.807) is 37.3 Å². The van der Waals surface area contributed by atoms with E-state index in [1.165, 1.54) is 18.2 Å². The van der Waals surface area contributed by atoms with Crippen LogP contribution in [0.4, 0.5) is 17.1 Å². The van der Waals surface area contributed by atoms with Gasteiger partial charge >= 0.3 is 5.69 Å². The molecule has 0 aliphatic carbocycles. The molecule has 28 heavy (non-hydrogen) atoms. The van der Waals surface area contributed by atoms with Crippen LogP contribution in [0.5, 0.6) is 5.75 Å². The van der Waals surface area contributed by atoms with Gasteiger partial charge in [-0.3, -0.25) is 19.7 Å². The first kappa shape index (κ1) is 20.8. The highest BCUT2D eigenvalue weighted by Crippen LogP contribution is 2.25. The van der Waals surface area contributed by atoms with Gasteiger partial charge < -0.3 is 20.7 Å². The van der Waals surface area contributed by atoms with Gasteiger partial charge in [0.1, 0.15) is 0 Å². The lowest BCUT2D eigenvalue weighted by molar-refractivity contribution is -0.385. The second kappa shape index (κ2) is 9.97. The zero-order valence-electron chi connectivity index (χ0n) is 14.9. The Bertz CT molecular complexity index is 886. The van der Waals surface area contributed by atoms with Crippen LogP contribution in [0.3, 0.4) is 0 Å². The molecule has 10 heteroatoms. The number of benzene rings is 2. The van der Waals surface area contributed by atoms with Crippen molar-refractivity contribution in [2.45, 2.75) is 13.3 Å². The molecule has 2 aromatic carbocycles. The largest absolute Gasteiger partial charge is 0.477 e. The number of nitrogens with zero attached hydrogens (tertiary/aromatic N) is 1. The molecular weight excluding hydrogens is 384 g/mol.